The van der Waals surface area contributed by atoms with Crippen molar-refractivity contribution in [2.45, 2.75) is 6.42 Å². The van der Waals surface area contributed by atoms with Crippen LogP contribution >= 0.6 is 0 Å². The predicted molar refractivity (Wildman–Crippen MR) is 48.6 cm³/mol. The standard InChI is InChI=1S/C7H7N5O2/c8-11-10-4-3-6-1-2-7(5-9-6)12(13)14/h1-2,5H,3-4H2. The fourth-order valence-corrected chi connectivity index (χ4v) is 0.882. The highest BCUT2D eigenvalue weighted by molar-refractivity contribution is 5.26. The minimum atomic E-state index is -0.510. The molecular formula is C7H7N5O2. The maximum absolute atomic E-state index is 10.3. The van der Waals surface area contributed by atoms with E-state index in [1.807, 2.05) is 0 Å². The molecule has 7 nitrogen and oxygen atoms in total. The maximum atomic E-state index is 10.3. The number of nitro groups is 1. The number of aromatic nitrogens is 1. The zero-order chi connectivity index (χ0) is 10.4. The minimum absolute atomic E-state index is 0.0439. The van der Waals surface area contributed by atoms with Gasteiger partial charge in [0.1, 0.15) is 6.20 Å². The maximum Gasteiger partial charge on any atom is 0.287 e. The van der Waals surface area contributed by atoms with Crippen molar-refractivity contribution in [1.82, 2.24) is 4.98 Å². The molecule has 0 atom stereocenters. The van der Waals surface area contributed by atoms with Crippen molar-refractivity contribution in [3.63, 3.8) is 0 Å². The van der Waals surface area contributed by atoms with E-state index in [2.05, 4.69) is 15.0 Å². The van der Waals surface area contributed by atoms with Crippen molar-refractivity contribution in [1.29, 1.82) is 0 Å². The number of azide groups is 1. The van der Waals surface area contributed by atoms with Crippen molar-refractivity contribution >= 4 is 5.69 Å². The molecule has 1 rings (SSSR count). The van der Waals surface area contributed by atoms with Gasteiger partial charge in [0.05, 0.1) is 4.92 Å². The molecule has 1 aromatic heterocycles. The van der Waals surface area contributed by atoms with Crippen LogP contribution in [0.15, 0.2) is 23.4 Å². The summed E-state index contributed by atoms with van der Waals surface area (Å²) >= 11 is 0. The predicted octanol–water partition coefficient (Wildman–Crippen LogP) is 1.84. The van der Waals surface area contributed by atoms with Crippen molar-refractivity contribution in [3.05, 3.63) is 44.6 Å². The molecule has 0 radical (unpaired) electrons. The molecule has 0 aliphatic carbocycles. The molecule has 0 N–H and O–H groups in total. The summed E-state index contributed by atoms with van der Waals surface area (Å²) in [5, 5.41) is 13.6. The van der Waals surface area contributed by atoms with Gasteiger partial charge in [0.15, 0.2) is 0 Å². The molecule has 1 heterocycles. The van der Waals surface area contributed by atoms with Crippen LogP contribution in [0.3, 0.4) is 0 Å². The lowest BCUT2D eigenvalue weighted by molar-refractivity contribution is -0.385. The second kappa shape index (κ2) is 4.78. The Morgan fingerprint density at radius 3 is 2.93 bits per heavy atom. The van der Waals surface area contributed by atoms with Crippen molar-refractivity contribution in [3.8, 4) is 0 Å². The molecule has 14 heavy (non-hydrogen) atoms. The zero-order valence-corrected chi connectivity index (χ0v) is 7.20. The summed E-state index contributed by atoms with van der Waals surface area (Å²) in [5.74, 6) is 0. The summed E-state index contributed by atoms with van der Waals surface area (Å²) in [6.45, 7) is 0.307. The molecule has 0 aromatic carbocycles. The van der Waals surface area contributed by atoms with Crippen molar-refractivity contribution < 1.29 is 4.92 Å². The molecule has 0 fully saturated rings. The molecule has 72 valence electrons. The van der Waals surface area contributed by atoms with Crippen LogP contribution in [0, 0.1) is 10.1 Å². The van der Waals surface area contributed by atoms with Crippen LogP contribution in [0.25, 0.3) is 10.4 Å². The average molecular weight is 193 g/mol. The van der Waals surface area contributed by atoms with Gasteiger partial charge in [0.2, 0.25) is 0 Å². The second-order valence-corrected chi connectivity index (χ2v) is 2.47. The van der Waals surface area contributed by atoms with Crippen LogP contribution in [-0.4, -0.2) is 16.5 Å². The molecule has 7 heteroatoms. The molecule has 0 amide bonds. The third-order valence-corrected chi connectivity index (χ3v) is 1.55. The largest absolute Gasteiger partial charge is 0.287 e. The first kappa shape index (κ1) is 9.94. The second-order valence-electron chi connectivity index (χ2n) is 2.47. The van der Waals surface area contributed by atoms with Crippen LogP contribution in [0.5, 0.6) is 0 Å². The average Bonchev–Trinajstić information content (AvgIpc) is 2.19. The molecular weight excluding hydrogens is 186 g/mol. The normalized spacial score (nSPS) is 9.14. The van der Waals surface area contributed by atoms with Gasteiger partial charge in [-0.05, 0) is 18.0 Å². The van der Waals surface area contributed by atoms with Gasteiger partial charge in [-0.25, -0.2) is 0 Å². The Hall–Kier alpha value is -2.14. The van der Waals surface area contributed by atoms with Crippen molar-refractivity contribution in [2.24, 2.45) is 5.11 Å². The first-order valence-electron chi connectivity index (χ1n) is 3.84. The van der Waals surface area contributed by atoms with E-state index < -0.39 is 4.92 Å². The Bertz CT molecular complexity index is 368. The number of rotatable bonds is 4. The van der Waals surface area contributed by atoms with Crippen LogP contribution in [0.1, 0.15) is 5.69 Å². The lowest BCUT2D eigenvalue weighted by Crippen LogP contribution is -1.94. The summed E-state index contributed by atoms with van der Waals surface area (Å²) in [6.07, 6.45) is 1.67. The summed E-state index contributed by atoms with van der Waals surface area (Å²) < 4.78 is 0. The van der Waals surface area contributed by atoms with Gasteiger partial charge < -0.3 is 0 Å². The van der Waals surface area contributed by atoms with Gasteiger partial charge >= 0.3 is 0 Å². The summed E-state index contributed by atoms with van der Waals surface area (Å²) in [5.41, 5.74) is 8.64. The van der Waals surface area contributed by atoms with Gasteiger partial charge in [0, 0.05) is 23.2 Å². The van der Waals surface area contributed by atoms with E-state index in [-0.39, 0.29) is 5.69 Å². The molecule has 0 bridgehead atoms. The molecule has 0 saturated carbocycles. The Morgan fingerprint density at radius 1 is 1.64 bits per heavy atom. The third kappa shape index (κ3) is 2.72. The van der Waals surface area contributed by atoms with Gasteiger partial charge in [-0.2, -0.15) is 0 Å². The molecule has 0 aliphatic heterocycles. The monoisotopic (exact) mass is 193 g/mol. The van der Waals surface area contributed by atoms with Crippen LogP contribution < -0.4 is 0 Å². The minimum Gasteiger partial charge on any atom is -0.258 e. The number of nitrogens with zero attached hydrogens (tertiary/aromatic N) is 5. The first-order valence-corrected chi connectivity index (χ1v) is 3.84. The van der Waals surface area contributed by atoms with Gasteiger partial charge in [0.25, 0.3) is 5.69 Å². The number of hydrogen-bond donors (Lipinski definition) is 0. The van der Waals surface area contributed by atoms with E-state index in [0.29, 0.717) is 18.7 Å². The first-order chi connectivity index (χ1) is 6.74. The van der Waals surface area contributed by atoms with Crippen LogP contribution in [0.2, 0.25) is 0 Å². The van der Waals surface area contributed by atoms with E-state index in [0.717, 1.165) is 0 Å². The van der Waals surface area contributed by atoms with Gasteiger partial charge in [-0.15, -0.1) is 0 Å². The molecule has 0 saturated heterocycles. The molecule has 0 unspecified atom stereocenters. The summed E-state index contributed by atoms with van der Waals surface area (Å²) in [6, 6.07) is 2.92. The zero-order valence-electron chi connectivity index (χ0n) is 7.20. The van der Waals surface area contributed by atoms with Gasteiger partial charge in [-0.3, -0.25) is 15.1 Å². The lowest BCUT2D eigenvalue weighted by Gasteiger charge is -1.95. The fourth-order valence-electron chi connectivity index (χ4n) is 0.882. The van der Waals surface area contributed by atoms with Crippen molar-refractivity contribution in [2.75, 3.05) is 6.54 Å². The van der Waals surface area contributed by atoms with E-state index in [1.165, 1.54) is 12.3 Å². The Morgan fingerprint density at radius 2 is 2.43 bits per heavy atom. The lowest BCUT2D eigenvalue weighted by atomic mass is 10.2. The topological polar surface area (TPSA) is 105 Å². The highest BCUT2D eigenvalue weighted by Crippen LogP contribution is 2.08. The summed E-state index contributed by atoms with van der Waals surface area (Å²) in [7, 11) is 0. The SMILES string of the molecule is [N-]=[N+]=NCCc1ccc([N+](=O)[O-])cn1. The third-order valence-electron chi connectivity index (χ3n) is 1.55. The van der Waals surface area contributed by atoms with E-state index in [1.54, 1.807) is 6.07 Å². The Labute approximate surface area is 79.2 Å². The highest BCUT2D eigenvalue weighted by atomic mass is 16.6. The van der Waals surface area contributed by atoms with Crippen LogP contribution in [-0.2, 0) is 6.42 Å². The quantitative estimate of drug-likeness (QED) is 0.239. The van der Waals surface area contributed by atoms with E-state index in [9.17, 15) is 10.1 Å². The van der Waals surface area contributed by atoms with E-state index >= 15 is 0 Å². The van der Waals surface area contributed by atoms with E-state index in [4.69, 9.17) is 5.53 Å². The van der Waals surface area contributed by atoms with Crippen LogP contribution in [0.4, 0.5) is 5.69 Å². The highest BCUT2D eigenvalue weighted by Gasteiger charge is 2.04. The number of hydrogen-bond acceptors (Lipinski definition) is 4. The Kier molecular flexibility index (Phi) is 3.40. The Balaban J connectivity index is 2.64. The molecule has 0 spiro atoms. The smallest absolute Gasteiger partial charge is 0.258 e. The fraction of sp³-hybridized carbons (Fsp3) is 0.286. The molecule has 1 aromatic rings. The van der Waals surface area contributed by atoms with Gasteiger partial charge in [-0.1, -0.05) is 5.11 Å². The number of pyridine rings is 1. The summed E-state index contributed by atoms with van der Waals surface area (Å²) in [4.78, 5) is 16.2. The molecule has 0 aliphatic rings.